The van der Waals surface area contributed by atoms with Crippen molar-refractivity contribution in [1.82, 2.24) is 9.97 Å². The molecule has 0 aliphatic rings. The van der Waals surface area contributed by atoms with Crippen LogP contribution in [0.15, 0.2) is 60.9 Å². The molecule has 4 aromatic rings. The van der Waals surface area contributed by atoms with Crippen molar-refractivity contribution >= 4 is 28.2 Å². The molecule has 0 aliphatic carbocycles. The molecule has 0 atom stereocenters. The quantitative estimate of drug-likeness (QED) is 0.466. The Labute approximate surface area is 163 Å². The summed E-state index contributed by atoms with van der Waals surface area (Å²) in [5.41, 5.74) is 14.8. The minimum Gasteiger partial charge on any atom is -0.397 e. The van der Waals surface area contributed by atoms with E-state index >= 15 is 0 Å². The van der Waals surface area contributed by atoms with Crippen molar-refractivity contribution in [3.05, 3.63) is 88.3 Å². The van der Waals surface area contributed by atoms with E-state index < -0.39 is 0 Å². The highest BCUT2D eigenvalue weighted by Crippen LogP contribution is 2.31. The van der Waals surface area contributed by atoms with Crippen LogP contribution in [-0.2, 0) is 6.42 Å². The number of rotatable bonds is 3. The van der Waals surface area contributed by atoms with Gasteiger partial charge in [-0.2, -0.15) is 0 Å². The van der Waals surface area contributed by atoms with Crippen LogP contribution < -0.4 is 5.73 Å². The van der Waals surface area contributed by atoms with Gasteiger partial charge in [-0.25, -0.2) is 4.98 Å². The van der Waals surface area contributed by atoms with Crippen LogP contribution in [0.4, 0.5) is 5.69 Å². The number of anilines is 1. The van der Waals surface area contributed by atoms with Crippen LogP contribution in [0.25, 0.3) is 22.0 Å². The molecule has 0 amide bonds. The van der Waals surface area contributed by atoms with Gasteiger partial charge >= 0.3 is 0 Å². The lowest BCUT2D eigenvalue weighted by Crippen LogP contribution is -1.99. The number of pyridine rings is 2. The number of nitrogens with two attached hydrogens (primary N) is 1. The molecule has 0 bridgehead atoms. The predicted octanol–water partition coefficient (Wildman–Crippen LogP) is 5.74. The molecule has 0 radical (unpaired) electrons. The van der Waals surface area contributed by atoms with Crippen molar-refractivity contribution < 1.29 is 0 Å². The molecule has 2 heterocycles. The average Bonchev–Trinajstić information content (AvgIpc) is 2.64. The molecule has 0 unspecified atom stereocenters. The number of benzene rings is 2. The Balaban J connectivity index is 1.87. The third-order valence-corrected chi connectivity index (χ3v) is 5.07. The molecule has 0 fully saturated rings. The fourth-order valence-electron chi connectivity index (χ4n) is 3.48. The second-order valence-corrected chi connectivity index (χ2v) is 7.30. The van der Waals surface area contributed by atoms with Gasteiger partial charge in [0.2, 0.25) is 0 Å². The largest absolute Gasteiger partial charge is 0.397 e. The van der Waals surface area contributed by atoms with Gasteiger partial charge in [0, 0.05) is 23.6 Å². The standard InChI is InChI=1S/C23H20ClN3/c1-14-4-3-5-16(8-14)10-18-19-11-17(6-7-22(19)26-13-21(18)25)20-12-27-23(24)9-15(20)2/h3-9,11-13H,10,25H2,1-2H3. The SMILES string of the molecule is Cc1cccc(Cc2c(N)cnc3ccc(-c4cnc(Cl)cc4C)cc23)c1. The van der Waals surface area contributed by atoms with E-state index in [1.54, 1.807) is 6.20 Å². The number of halogens is 1. The lowest BCUT2D eigenvalue weighted by atomic mass is 9.95. The molecule has 3 nitrogen and oxygen atoms in total. The van der Waals surface area contributed by atoms with Crippen molar-refractivity contribution in [2.45, 2.75) is 20.3 Å². The fourth-order valence-corrected chi connectivity index (χ4v) is 3.69. The van der Waals surface area contributed by atoms with Crippen molar-refractivity contribution in [3.8, 4) is 11.1 Å². The molecule has 27 heavy (non-hydrogen) atoms. The number of aromatic nitrogens is 2. The summed E-state index contributed by atoms with van der Waals surface area (Å²) in [5.74, 6) is 0. The number of nitrogens with zero attached hydrogens (tertiary/aromatic N) is 2. The molecule has 0 saturated heterocycles. The highest BCUT2D eigenvalue weighted by molar-refractivity contribution is 6.29. The molecule has 4 heteroatoms. The lowest BCUT2D eigenvalue weighted by Gasteiger charge is -2.13. The van der Waals surface area contributed by atoms with Gasteiger partial charge in [-0.15, -0.1) is 0 Å². The first-order valence-electron chi connectivity index (χ1n) is 8.86. The summed E-state index contributed by atoms with van der Waals surface area (Å²) in [6.45, 7) is 4.14. The molecule has 0 spiro atoms. The maximum absolute atomic E-state index is 6.32. The molecule has 134 valence electrons. The Morgan fingerprint density at radius 3 is 2.59 bits per heavy atom. The van der Waals surface area contributed by atoms with Crippen LogP contribution >= 0.6 is 11.6 Å². The van der Waals surface area contributed by atoms with E-state index in [1.807, 2.05) is 25.3 Å². The highest BCUT2D eigenvalue weighted by atomic mass is 35.5. The summed E-state index contributed by atoms with van der Waals surface area (Å²) in [6, 6.07) is 16.7. The second kappa shape index (κ2) is 7.01. The smallest absolute Gasteiger partial charge is 0.129 e. The summed E-state index contributed by atoms with van der Waals surface area (Å²) < 4.78 is 0. The van der Waals surface area contributed by atoms with Crippen molar-refractivity contribution in [2.24, 2.45) is 0 Å². The zero-order valence-electron chi connectivity index (χ0n) is 15.3. The van der Waals surface area contributed by atoms with E-state index in [2.05, 4.69) is 53.3 Å². The molecule has 0 saturated carbocycles. The molecular formula is C23H20ClN3. The maximum atomic E-state index is 6.32. The minimum atomic E-state index is 0.503. The normalized spacial score (nSPS) is 11.1. The molecular weight excluding hydrogens is 354 g/mol. The van der Waals surface area contributed by atoms with E-state index in [4.69, 9.17) is 17.3 Å². The molecule has 0 aliphatic heterocycles. The van der Waals surface area contributed by atoms with Crippen LogP contribution in [0.3, 0.4) is 0 Å². The van der Waals surface area contributed by atoms with Gasteiger partial charge in [-0.3, -0.25) is 4.98 Å². The van der Waals surface area contributed by atoms with Gasteiger partial charge in [0.15, 0.2) is 0 Å². The molecule has 2 aromatic heterocycles. The van der Waals surface area contributed by atoms with Gasteiger partial charge < -0.3 is 5.73 Å². The predicted molar refractivity (Wildman–Crippen MR) is 113 cm³/mol. The summed E-state index contributed by atoms with van der Waals surface area (Å²) in [6.07, 6.45) is 4.34. The fraction of sp³-hybridized carbons (Fsp3) is 0.130. The van der Waals surface area contributed by atoms with Crippen LogP contribution in [0, 0.1) is 13.8 Å². The summed E-state index contributed by atoms with van der Waals surface area (Å²) in [5, 5.41) is 1.58. The Morgan fingerprint density at radius 2 is 1.81 bits per heavy atom. The lowest BCUT2D eigenvalue weighted by molar-refractivity contribution is 1.19. The first-order valence-corrected chi connectivity index (χ1v) is 9.24. The molecule has 4 rings (SSSR count). The number of hydrogen-bond donors (Lipinski definition) is 1. The Morgan fingerprint density at radius 1 is 0.963 bits per heavy atom. The zero-order chi connectivity index (χ0) is 19.0. The van der Waals surface area contributed by atoms with Gasteiger partial charge in [-0.05, 0) is 54.3 Å². The summed E-state index contributed by atoms with van der Waals surface area (Å²) >= 11 is 6.01. The minimum absolute atomic E-state index is 0.503. The van der Waals surface area contributed by atoms with Crippen molar-refractivity contribution in [1.29, 1.82) is 0 Å². The Kier molecular flexibility index (Phi) is 4.54. The van der Waals surface area contributed by atoms with Crippen LogP contribution in [0.2, 0.25) is 5.15 Å². The first-order chi connectivity index (χ1) is 13.0. The highest BCUT2D eigenvalue weighted by Gasteiger charge is 2.11. The van der Waals surface area contributed by atoms with E-state index in [0.717, 1.165) is 39.6 Å². The van der Waals surface area contributed by atoms with E-state index in [1.165, 1.54) is 11.1 Å². The van der Waals surface area contributed by atoms with Crippen molar-refractivity contribution in [3.63, 3.8) is 0 Å². The maximum Gasteiger partial charge on any atom is 0.129 e. The Bertz CT molecular complexity index is 1150. The van der Waals surface area contributed by atoms with Gasteiger partial charge in [0.1, 0.15) is 5.15 Å². The van der Waals surface area contributed by atoms with Gasteiger partial charge in [-0.1, -0.05) is 47.5 Å². The van der Waals surface area contributed by atoms with E-state index in [9.17, 15) is 0 Å². The molecule has 2 N–H and O–H groups in total. The summed E-state index contributed by atoms with van der Waals surface area (Å²) in [4.78, 5) is 8.75. The monoisotopic (exact) mass is 373 g/mol. The molecule has 2 aromatic carbocycles. The Hall–Kier alpha value is -2.91. The first kappa shape index (κ1) is 17.5. The number of nitrogen functional groups attached to an aromatic ring is 1. The summed E-state index contributed by atoms with van der Waals surface area (Å²) in [7, 11) is 0. The number of aryl methyl sites for hydroxylation is 2. The number of fused-ring (bicyclic) bond motifs is 1. The number of hydrogen-bond acceptors (Lipinski definition) is 3. The van der Waals surface area contributed by atoms with Crippen LogP contribution in [0.5, 0.6) is 0 Å². The average molecular weight is 374 g/mol. The van der Waals surface area contributed by atoms with E-state index in [-0.39, 0.29) is 0 Å². The van der Waals surface area contributed by atoms with Crippen molar-refractivity contribution in [2.75, 3.05) is 5.73 Å². The second-order valence-electron chi connectivity index (χ2n) is 6.91. The topological polar surface area (TPSA) is 51.8 Å². The van der Waals surface area contributed by atoms with Gasteiger partial charge in [0.05, 0.1) is 17.4 Å². The van der Waals surface area contributed by atoms with Crippen LogP contribution in [0.1, 0.15) is 22.3 Å². The van der Waals surface area contributed by atoms with Crippen LogP contribution in [-0.4, -0.2) is 9.97 Å². The third-order valence-electron chi connectivity index (χ3n) is 4.86. The third kappa shape index (κ3) is 3.51. The van der Waals surface area contributed by atoms with E-state index in [0.29, 0.717) is 10.8 Å². The zero-order valence-corrected chi connectivity index (χ0v) is 16.1. The van der Waals surface area contributed by atoms with Gasteiger partial charge in [0.25, 0.3) is 0 Å².